The minimum atomic E-state index is -0.679. The van der Waals surface area contributed by atoms with Crippen LogP contribution in [0.5, 0.6) is 5.75 Å². The Balaban J connectivity index is 1.59. The third-order valence-corrected chi connectivity index (χ3v) is 8.13. The van der Waals surface area contributed by atoms with Crippen molar-refractivity contribution in [3.8, 4) is 5.75 Å². The molecule has 0 N–H and O–H groups in total. The molecule has 2 unspecified atom stereocenters. The average molecular weight is 559 g/mol. The van der Waals surface area contributed by atoms with Crippen molar-refractivity contribution >= 4 is 45.4 Å². The summed E-state index contributed by atoms with van der Waals surface area (Å²) in [6, 6.07) is 31.0. The highest BCUT2D eigenvalue weighted by Crippen LogP contribution is 2.48. The lowest BCUT2D eigenvalue weighted by Crippen LogP contribution is -2.41. The maximum absolute atomic E-state index is 14.5. The van der Waals surface area contributed by atoms with E-state index in [9.17, 15) is 9.59 Å². The quantitative estimate of drug-likeness (QED) is 0.218. The lowest BCUT2D eigenvalue weighted by Gasteiger charge is -2.31. The molecule has 0 aliphatic carbocycles. The van der Waals surface area contributed by atoms with E-state index in [2.05, 4.69) is 12.1 Å². The van der Waals surface area contributed by atoms with Crippen LogP contribution in [0, 0.1) is 11.8 Å². The smallest absolute Gasteiger partial charge is 0.256 e. The second kappa shape index (κ2) is 11.6. The summed E-state index contributed by atoms with van der Waals surface area (Å²) in [5, 5.41) is 14.7. The first-order chi connectivity index (χ1) is 20.6. The Labute approximate surface area is 246 Å². The van der Waals surface area contributed by atoms with Gasteiger partial charge in [-0.05, 0) is 60.9 Å². The van der Waals surface area contributed by atoms with Crippen LogP contribution in [0.2, 0.25) is 0 Å². The van der Waals surface area contributed by atoms with Gasteiger partial charge in [-0.15, -0.1) is 0 Å². The summed E-state index contributed by atoms with van der Waals surface area (Å²) < 4.78 is 6.25. The van der Waals surface area contributed by atoms with Gasteiger partial charge in [0.25, 0.3) is 11.8 Å². The highest BCUT2D eigenvalue weighted by atomic mass is 16.5. The fourth-order valence-corrected chi connectivity index (χ4v) is 6.27. The summed E-state index contributed by atoms with van der Waals surface area (Å²) >= 11 is 0. The van der Waals surface area contributed by atoms with E-state index in [1.807, 2.05) is 106 Å². The molecule has 0 fully saturated rings. The molecule has 7 nitrogen and oxygen atoms in total. The van der Waals surface area contributed by atoms with E-state index in [-0.39, 0.29) is 11.8 Å². The fourth-order valence-electron chi connectivity index (χ4n) is 6.27. The molecule has 0 bridgehead atoms. The van der Waals surface area contributed by atoms with Gasteiger partial charge in [0.2, 0.25) is 0 Å². The van der Waals surface area contributed by atoms with Crippen LogP contribution in [0.25, 0.3) is 10.8 Å². The average Bonchev–Trinajstić information content (AvgIpc) is 3.55. The minimum absolute atomic E-state index is 0.153. The van der Waals surface area contributed by atoms with Gasteiger partial charge in [0.15, 0.2) is 0 Å². The molecule has 2 heterocycles. The van der Waals surface area contributed by atoms with Crippen LogP contribution in [0.1, 0.15) is 45.1 Å². The van der Waals surface area contributed by atoms with Gasteiger partial charge in [0.1, 0.15) is 5.75 Å². The standard InChI is InChI=1S/C35H34N4O3/c1-4-27-31(34(40)38(36-27)24-16-9-7-10-17-24)33(30-26-20-14-13-15-23(26)21-22-29(30)42-6-3)32-28(5-2)37-39(35(32)41)25-18-11-8-12-19-25/h7-22,31-33H,4-6H2,1-3H3. The zero-order valence-corrected chi connectivity index (χ0v) is 24.1. The molecule has 212 valence electrons. The number of fused-ring (bicyclic) bond motifs is 1. The van der Waals surface area contributed by atoms with E-state index in [0.29, 0.717) is 36.6 Å². The van der Waals surface area contributed by atoms with E-state index >= 15 is 0 Å². The number of amides is 2. The number of nitrogens with zero attached hydrogens (tertiary/aromatic N) is 4. The first-order valence-corrected chi connectivity index (χ1v) is 14.6. The zero-order chi connectivity index (χ0) is 29.2. The Morgan fingerprint density at radius 3 is 1.67 bits per heavy atom. The van der Waals surface area contributed by atoms with Crippen LogP contribution in [0.3, 0.4) is 0 Å². The molecule has 6 rings (SSSR count). The molecular formula is C35H34N4O3. The summed E-state index contributed by atoms with van der Waals surface area (Å²) in [7, 11) is 0. The zero-order valence-electron chi connectivity index (χ0n) is 24.1. The Bertz CT molecular complexity index is 1600. The van der Waals surface area contributed by atoms with Gasteiger partial charge < -0.3 is 4.74 Å². The van der Waals surface area contributed by atoms with Gasteiger partial charge in [-0.1, -0.05) is 80.6 Å². The van der Waals surface area contributed by atoms with Crippen molar-refractivity contribution in [3.63, 3.8) is 0 Å². The molecule has 0 radical (unpaired) electrons. The second-order valence-corrected chi connectivity index (χ2v) is 10.5. The van der Waals surface area contributed by atoms with Crippen molar-refractivity contribution in [3.05, 3.63) is 103 Å². The molecule has 0 aromatic heterocycles. The van der Waals surface area contributed by atoms with Crippen molar-refractivity contribution in [1.82, 2.24) is 0 Å². The number of ether oxygens (including phenoxy) is 1. The van der Waals surface area contributed by atoms with E-state index in [4.69, 9.17) is 14.9 Å². The molecular weight excluding hydrogens is 524 g/mol. The van der Waals surface area contributed by atoms with Crippen molar-refractivity contribution in [2.24, 2.45) is 22.0 Å². The lowest BCUT2D eigenvalue weighted by atomic mass is 9.70. The number of rotatable bonds is 9. The fraction of sp³-hybridized carbons (Fsp3) is 0.257. The minimum Gasteiger partial charge on any atom is -0.494 e. The number of carbonyl (C=O) groups excluding carboxylic acids is 2. The van der Waals surface area contributed by atoms with Crippen LogP contribution in [-0.2, 0) is 9.59 Å². The molecule has 0 saturated carbocycles. The van der Waals surface area contributed by atoms with E-state index < -0.39 is 17.8 Å². The summed E-state index contributed by atoms with van der Waals surface area (Å²) in [6.45, 7) is 6.42. The SMILES string of the molecule is CCOc1ccc2ccccc2c1C(C1C(=O)N(c2ccccc2)N=C1CC)C1C(=O)N(c2ccccc2)N=C1CC. The Kier molecular flexibility index (Phi) is 7.57. The normalized spacial score (nSPS) is 19.3. The molecule has 2 aliphatic rings. The van der Waals surface area contributed by atoms with Crippen molar-refractivity contribution in [1.29, 1.82) is 0 Å². The molecule has 4 aromatic rings. The summed E-state index contributed by atoms with van der Waals surface area (Å²) in [5.74, 6) is -1.58. The monoisotopic (exact) mass is 558 g/mol. The highest BCUT2D eigenvalue weighted by Gasteiger charge is 2.52. The van der Waals surface area contributed by atoms with Crippen LogP contribution in [0.15, 0.2) is 107 Å². The van der Waals surface area contributed by atoms with Gasteiger partial charge >= 0.3 is 0 Å². The molecule has 0 saturated heterocycles. The lowest BCUT2D eigenvalue weighted by molar-refractivity contribution is -0.122. The molecule has 0 spiro atoms. The third-order valence-electron chi connectivity index (χ3n) is 8.13. The first-order valence-electron chi connectivity index (χ1n) is 14.6. The highest BCUT2D eigenvalue weighted by molar-refractivity contribution is 6.21. The summed E-state index contributed by atoms with van der Waals surface area (Å²) in [6.07, 6.45) is 1.12. The van der Waals surface area contributed by atoms with Crippen molar-refractivity contribution in [2.45, 2.75) is 39.5 Å². The van der Waals surface area contributed by atoms with Crippen molar-refractivity contribution < 1.29 is 14.3 Å². The van der Waals surface area contributed by atoms with Gasteiger partial charge in [-0.25, -0.2) is 10.0 Å². The number of hydrogen-bond acceptors (Lipinski definition) is 5. The number of para-hydroxylation sites is 2. The molecule has 2 amide bonds. The second-order valence-electron chi connectivity index (χ2n) is 10.5. The van der Waals surface area contributed by atoms with Gasteiger partial charge in [-0.2, -0.15) is 10.2 Å². The van der Waals surface area contributed by atoms with Gasteiger partial charge in [0.05, 0.1) is 41.2 Å². The Morgan fingerprint density at radius 1 is 0.667 bits per heavy atom. The largest absolute Gasteiger partial charge is 0.494 e. The first kappa shape index (κ1) is 27.4. The maximum Gasteiger partial charge on any atom is 0.256 e. The van der Waals surface area contributed by atoms with Crippen molar-refractivity contribution in [2.75, 3.05) is 16.6 Å². The Hall–Kier alpha value is -4.78. The number of anilines is 2. The van der Waals surface area contributed by atoms with Gasteiger partial charge in [-0.3, -0.25) is 9.59 Å². The van der Waals surface area contributed by atoms with Crippen LogP contribution in [-0.4, -0.2) is 29.8 Å². The Morgan fingerprint density at radius 2 is 1.17 bits per heavy atom. The number of hydrogen-bond donors (Lipinski definition) is 0. The topological polar surface area (TPSA) is 74.6 Å². The molecule has 2 aliphatic heterocycles. The van der Waals surface area contributed by atoms with Crippen LogP contribution < -0.4 is 14.8 Å². The van der Waals surface area contributed by atoms with Crippen LogP contribution >= 0.6 is 0 Å². The number of carbonyl (C=O) groups is 2. The van der Waals surface area contributed by atoms with Gasteiger partial charge in [0, 0.05) is 11.5 Å². The molecule has 42 heavy (non-hydrogen) atoms. The van der Waals surface area contributed by atoms with E-state index in [1.54, 1.807) is 0 Å². The molecule has 4 aromatic carbocycles. The number of benzene rings is 4. The predicted octanol–water partition coefficient (Wildman–Crippen LogP) is 7.18. The predicted molar refractivity (Wildman–Crippen MR) is 168 cm³/mol. The molecule has 2 atom stereocenters. The molecule has 7 heteroatoms. The van der Waals surface area contributed by atoms with E-state index in [1.165, 1.54) is 10.0 Å². The van der Waals surface area contributed by atoms with E-state index in [0.717, 1.165) is 27.8 Å². The third kappa shape index (κ3) is 4.65. The number of hydrazone groups is 2. The summed E-state index contributed by atoms with van der Waals surface area (Å²) in [4.78, 5) is 29.0. The maximum atomic E-state index is 14.5. The van der Waals surface area contributed by atoms with Crippen LogP contribution in [0.4, 0.5) is 11.4 Å². The summed E-state index contributed by atoms with van der Waals surface area (Å²) in [5.41, 5.74) is 3.73.